The predicted octanol–water partition coefficient (Wildman–Crippen LogP) is 1.28. The fraction of sp³-hybridized carbons (Fsp3) is 0.455. The Morgan fingerprint density at radius 2 is 1.69 bits per heavy atom. The van der Waals surface area contributed by atoms with Gasteiger partial charge in [-0.3, -0.25) is 0 Å². The lowest BCUT2D eigenvalue weighted by Gasteiger charge is -2.06. The average Bonchev–Trinajstić information content (AvgIpc) is 2.13. The van der Waals surface area contributed by atoms with Gasteiger partial charge in [0.2, 0.25) is 15.0 Å². The maximum atomic E-state index is 11.1. The zero-order valence-corrected chi connectivity index (χ0v) is 10.6. The molecule has 0 N–H and O–H groups in total. The van der Waals surface area contributed by atoms with Crippen LogP contribution in [0.2, 0.25) is 0 Å². The van der Waals surface area contributed by atoms with Crippen LogP contribution >= 0.6 is 0 Å². The summed E-state index contributed by atoms with van der Waals surface area (Å²) in [6, 6.07) is 0. The first-order valence-corrected chi connectivity index (χ1v) is 6.63. The average molecular weight is 238 g/mol. The molecular weight excluding hydrogens is 224 g/mol. The van der Waals surface area contributed by atoms with E-state index in [2.05, 4.69) is 21.8 Å². The van der Waals surface area contributed by atoms with Crippen LogP contribution in [-0.2, 0) is 9.84 Å². The van der Waals surface area contributed by atoms with Crippen molar-refractivity contribution in [3.63, 3.8) is 0 Å². The van der Waals surface area contributed by atoms with Crippen molar-refractivity contribution < 1.29 is 8.42 Å². The quantitative estimate of drug-likeness (QED) is 0.546. The van der Waals surface area contributed by atoms with Crippen molar-refractivity contribution in [2.24, 2.45) is 5.41 Å². The molecule has 0 aliphatic heterocycles. The maximum absolute atomic E-state index is 11.1. The molecular formula is C11H14N2O2S. The van der Waals surface area contributed by atoms with Crippen LogP contribution in [-0.4, -0.2) is 24.6 Å². The van der Waals surface area contributed by atoms with Gasteiger partial charge in [0.05, 0.1) is 5.56 Å². The molecule has 0 atom stereocenters. The van der Waals surface area contributed by atoms with E-state index in [0.717, 1.165) is 6.26 Å². The van der Waals surface area contributed by atoms with E-state index in [1.807, 2.05) is 20.8 Å². The van der Waals surface area contributed by atoms with Gasteiger partial charge >= 0.3 is 0 Å². The van der Waals surface area contributed by atoms with Gasteiger partial charge in [-0.1, -0.05) is 11.8 Å². The van der Waals surface area contributed by atoms with Crippen LogP contribution < -0.4 is 0 Å². The standard InChI is InChI=1S/C11H14N2O2S/c1-11(2,3)6-5-9-7-12-10(13-8-9)16(4,14)15/h7-8H,1-4H3. The van der Waals surface area contributed by atoms with Gasteiger partial charge in [-0.05, 0) is 20.8 Å². The van der Waals surface area contributed by atoms with E-state index in [-0.39, 0.29) is 10.6 Å². The predicted molar refractivity (Wildman–Crippen MR) is 61.5 cm³/mol. The van der Waals surface area contributed by atoms with E-state index in [1.54, 1.807) is 0 Å². The molecule has 0 radical (unpaired) electrons. The minimum Gasteiger partial charge on any atom is -0.226 e. The smallest absolute Gasteiger partial charge is 0.226 e. The number of hydrogen-bond acceptors (Lipinski definition) is 4. The molecule has 0 aliphatic carbocycles. The molecule has 0 aliphatic rings. The van der Waals surface area contributed by atoms with E-state index in [9.17, 15) is 8.42 Å². The van der Waals surface area contributed by atoms with Crippen molar-refractivity contribution >= 4 is 9.84 Å². The van der Waals surface area contributed by atoms with Gasteiger partial charge in [-0.25, -0.2) is 18.4 Å². The highest BCUT2D eigenvalue weighted by molar-refractivity contribution is 7.90. The lowest BCUT2D eigenvalue weighted by molar-refractivity contribution is 0.571. The SMILES string of the molecule is CC(C)(C)C#Cc1cnc(S(C)(=O)=O)nc1. The first kappa shape index (κ1) is 12.7. The van der Waals surface area contributed by atoms with Gasteiger partial charge in [0.1, 0.15) is 0 Å². The highest BCUT2D eigenvalue weighted by Crippen LogP contribution is 2.10. The highest BCUT2D eigenvalue weighted by Gasteiger charge is 2.09. The molecule has 0 fully saturated rings. The molecule has 0 unspecified atom stereocenters. The molecule has 0 saturated carbocycles. The molecule has 1 heterocycles. The topological polar surface area (TPSA) is 59.9 Å². The second-order valence-corrected chi connectivity index (χ2v) is 6.44. The Morgan fingerprint density at radius 3 is 2.06 bits per heavy atom. The summed E-state index contributed by atoms with van der Waals surface area (Å²) in [5.74, 6) is 5.91. The van der Waals surface area contributed by atoms with E-state index in [1.165, 1.54) is 12.4 Å². The summed E-state index contributed by atoms with van der Waals surface area (Å²) in [7, 11) is -3.33. The zero-order chi connectivity index (χ0) is 12.4. The monoisotopic (exact) mass is 238 g/mol. The van der Waals surface area contributed by atoms with Gasteiger partial charge in [0, 0.05) is 24.1 Å². The molecule has 0 aromatic carbocycles. The summed E-state index contributed by atoms with van der Waals surface area (Å²) in [5.41, 5.74) is 0.512. The second kappa shape index (κ2) is 4.22. The fourth-order valence-corrected chi connectivity index (χ4v) is 1.32. The zero-order valence-electron chi connectivity index (χ0n) is 9.77. The van der Waals surface area contributed by atoms with Gasteiger partial charge < -0.3 is 0 Å². The Balaban J connectivity index is 3.00. The fourth-order valence-electron chi connectivity index (χ4n) is 0.832. The Bertz CT molecular complexity index is 528. The summed E-state index contributed by atoms with van der Waals surface area (Å²) in [5, 5.41) is -0.172. The van der Waals surface area contributed by atoms with Crippen LogP contribution in [0.15, 0.2) is 17.6 Å². The van der Waals surface area contributed by atoms with Crippen molar-refractivity contribution in [2.45, 2.75) is 25.9 Å². The first-order valence-electron chi connectivity index (χ1n) is 4.74. The number of sulfone groups is 1. The Kier molecular flexibility index (Phi) is 3.34. The third kappa shape index (κ3) is 3.99. The Labute approximate surface area is 96.0 Å². The Hall–Kier alpha value is -1.41. The number of nitrogens with zero attached hydrogens (tertiary/aromatic N) is 2. The van der Waals surface area contributed by atoms with Crippen LogP contribution in [0.3, 0.4) is 0 Å². The molecule has 0 amide bonds. The maximum Gasteiger partial charge on any atom is 0.246 e. The van der Waals surface area contributed by atoms with Crippen LogP contribution in [0.4, 0.5) is 0 Å². The minimum absolute atomic E-state index is 0.102. The van der Waals surface area contributed by atoms with Crippen LogP contribution in [0, 0.1) is 17.3 Å². The van der Waals surface area contributed by atoms with Crippen molar-refractivity contribution in [1.29, 1.82) is 0 Å². The van der Waals surface area contributed by atoms with E-state index in [4.69, 9.17) is 0 Å². The Morgan fingerprint density at radius 1 is 1.19 bits per heavy atom. The van der Waals surface area contributed by atoms with Crippen molar-refractivity contribution in [3.05, 3.63) is 18.0 Å². The van der Waals surface area contributed by atoms with Gasteiger partial charge in [-0.2, -0.15) is 0 Å². The lowest BCUT2D eigenvalue weighted by atomic mass is 9.98. The van der Waals surface area contributed by atoms with Gasteiger partial charge in [-0.15, -0.1) is 0 Å². The van der Waals surface area contributed by atoms with Crippen LogP contribution in [0.1, 0.15) is 26.3 Å². The minimum atomic E-state index is -3.33. The molecule has 0 saturated heterocycles. The third-order valence-corrected chi connectivity index (χ3v) is 2.42. The molecule has 4 nitrogen and oxygen atoms in total. The van der Waals surface area contributed by atoms with Gasteiger partial charge in [0.25, 0.3) is 0 Å². The summed E-state index contributed by atoms with van der Waals surface area (Å²) in [4.78, 5) is 7.50. The highest BCUT2D eigenvalue weighted by atomic mass is 32.2. The molecule has 1 rings (SSSR count). The molecule has 1 aromatic heterocycles. The van der Waals surface area contributed by atoms with Crippen molar-refractivity contribution in [2.75, 3.05) is 6.26 Å². The molecule has 0 spiro atoms. The van der Waals surface area contributed by atoms with E-state index >= 15 is 0 Å². The molecule has 5 heteroatoms. The number of rotatable bonds is 1. The molecule has 1 aromatic rings. The third-order valence-electron chi connectivity index (χ3n) is 1.54. The molecule has 86 valence electrons. The number of hydrogen-bond donors (Lipinski definition) is 0. The van der Waals surface area contributed by atoms with Crippen molar-refractivity contribution in [1.82, 2.24) is 9.97 Å². The van der Waals surface area contributed by atoms with E-state index < -0.39 is 9.84 Å². The molecule has 0 bridgehead atoms. The van der Waals surface area contributed by atoms with Crippen LogP contribution in [0.5, 0.6) is 0 Å². The molecule has 16 heavy (non-hydrogen) atoms. The second-order valence-electron chi connectivity index (χ2n) is 4.53. The first-order chi connectivity index (χ1) is 7.18. The summed E-state index contributed by atoms with van der Waals surface area (Å²) < 4.78 is 22.2. The largest absolute Gasteiger partial charge is 0.246 e. The summed E-state index contributed by atoms with van der Waals surface area (Å²) >= 11 is 0. The van der Waals surface area contributed by atoms with Gasteiger partial charge in [0.15, 0.2) is 0 Å². The van der Waals surface area contributed by atoms with E-state index in [0.29, 0.717) is 5.56 Å². The van der Waals surface area contributed by atoms with Crippen molar-refractivity contribution in [3.8, 4) is 11.8 Å². The number of aromatic nitrogens is 2. The summed E-state index contributed by atoms with van der Waals surface area (Å²) in [6.45, 7) is 5.98. The normalized spacial score (nSPS) is 11.8. The van der Waals surface area contributed by atoms with Crippen LogP contribution in [0.25, 0.3) is 0 Å². The summed E-state index contributed by atoms with van der Waals surface area (Å²) in [6.07, 6.45) is 3.91. The lowest BCUT2D eigenvalue weighted by Crippen LogP contribution is -2.04.